The first-order valence-corrected chi connectivity index (χ1v) is 10.1. The zero-order valence-corrected chi connectivity index (χ0v) is 17.2. The van der Waals surface area contributed by atoms with Gasteiger partial charge in [-0.15, -0.1) is 0 Å². The Bertz CT molecular complexity index is 476. The lowest BCUT2D eigenvalue weighted by molar-refractivity contribution is 0.396. The van der Waals surface area contributed by atoms with E-state index >= 15 is 0 Å². The molecule has 0 aromatic heterocycles. The summed E-state index contributed by atoms with van der Waals surface area (Å²) in [4.78, 5) is 0. The van der Waals surface area contributed by atoms with Crippen LogP contribution in [0.3, 0.4) is 0 Å². The lowest BCUT2D eigenvalue weighted by Crippen LogP contribution is -2.35. The van der Waals surface area contributed by atoms with E-state index in [1.165, 1.54) is 31.0 Å². The minimum absolute atomic E-state index is 0.282. The van der Waals surface area contributed by atoms with Gasteiger partial charge in [-0.1, -0.05) is 62.3 Å². The average Bonchev–Trinajstić information content (AvgIpc) is 2.46. The fourth-order valence-corrected chi connectivity index (χ4v) is 8.33. The van der Waals surface area contributed by atoms with Crippen LogP contribution < -0.4 is 14.8 Å². The minimum Gasteiger partial charge on any atom is -0.497 e. The van der Waals surface area contributed by atoms with E-state index in [0.717, 1.165) is 11.5 Å². The lowest BCUT2D eigenvalue weighted by atomic mass is 10.1. The van der Waals surface area contributed by atoms with Crippen molar-refractivity contribution in [3.05, 3.63) is 18.2 Å². The maximum Gasteiger partial charge on any atom is 0.130 e. The molecule has 0 aliphatic carbocycles. The highest BCUT2D eigenvalue weighted by molar-refractivity contribution is 7.68. The summed E-state index contributed by atoms with van der Waals surface area (Å²) in [5.41, 5.74) is 0. The number of hydrogen-bond donors (Lipinski definition) is 0. The van der Waals surface area contributed by atoms with Crippen molar-refractivity contribution in [2.75, 3.05) is 14.2 Å². The molecule has 0 atom stereocenters. The Hall–Kier alpha value is -0.750. The summed E-state index contributed by atoms with van der Waals surface area (Å²) in [5.74, 6) is 1.84. The molecule has 0 fully saturated rings. The van der Waals surface area contributed by atoms with Crippen LogP contribution in [0.2, 0.25) is 0 Å². The Morgan fingerprint density at radius 3 is 1.78 bits per heavy atom. The van der Waals surface area contributed by atoms with Crippen LogP contribution in [0.5, 0.6) is 11.5 Å². The molecule has 3 heteroatoms. The third-order valence-electron chi connectivity index (χ3n) is 4.56. The molecule has 1 aromatic rings. The third-order valence-corrected chi connectivity index (χ3v) is 8.28. The Labute approximate surface area is 144 Å². The second-order valence-corrected chi connectivity index (χ2v) is 11.1. The Balaban J connectivity index is 3.46. The first-order valence-electron chi connectivity index (χ1n) is 8.75. The van der Waals surface area contributed by atoms with E-state index < -0.39 is 0 Å². The van der Waals surface area contributed by atoms with Gasteiger partial charge in [-0.05, 0) is 35.3 Å². The van der Waals surface area contributed by atoms with Crippen molar-refractivity contribution in [1.82, 2.24) is 0 Å². The van der Waals surface area contributed by atoms with E-state index in [2.05, 4.69) is 53.7 Å². The fourth-order valence-electron chi connectivity index (χ4n) is 3.89. The molecule has 0 amide bonds. The van der Waals surface area contributed by atoms with Crippen LogP contribution in [0.1, 0.15) is 67.2 Å². The highest BCUT2D eigenvalue weighted by atomic mass is 31.1. The number of methoxy groups -OCH3 is 2. The lowest BCUT2D eigenvalue weighted by Gasteiger charge is -2.46. The van der Waals surface area contributed by atoms with Crippen molar-refractivity contribution in [3.63, 3.8) is 0 Å². The van der Waals surface area contributed by atoms with Gasteiger partial charge in [0.2, 0.25) is 0 Å². The average molecular weight is 338 g/mol. The van der Waals surface area contributed by atoms with Crippen LogP contribution in [-0.4, -0.2) is 24.5 Å². The van der Waals surface area contributed by atoms with E-state index in [9.17, 15) is 0 Å². The summed E-state index contributed by atoms with van der Waals surface area (Å²) in [6, 6.07) is 6.35. The van der Waals surface area contributed by atoms with Crippen LogP contribution in [0.15, 0.2) is 18.2 Å². The zero-order valence-electron chi connectivity index (χ0n) is 16.3. The van der Waals surface area contributed by atoms with Crippen LogP contribution in [0.25, 0.3) is 0 Å². The third kappa shape index (κ3) is 4.86. The van der Waals surface area contributed by atoms with Gasteiger partial charge in [0.25, 0.3) is 0 Å². The highest BCUT2D eigenvalue weighted by Gasteiger charge is 2.41. The molecule has 1 rings (SSSR count). The zero-order chi connectivity index (χ0) is 17.7. The summed E-state index contributed by atoms with van der Waals surface area (Å²) in [6.07, 6.45) is 4.90. The largest absolute Gasteiger partial charge is 0.497 e. The van der Waals surface area contributed by atoms with Crippen LogP contribution in [0.4, 0.5) is 0 Å². The molecule has 0 saturated heterocycles. The highest BCUT2D eigenvalue weighted by Crippen LogP contribution is 2.63. The van der Waals surface area contributed by atoms with Gasteiger partial charge in [-0.2, -0.15) is 0 Å². The van der Waals surface area contributed by atoms with Crippen molar-refractivity contribution in [2.24, 2.45) is 0 Å². The summed E-state index contributed by atoms with van der Waals surface area (Å²) < 4.78 is 11.1. The molecule has 0 N–H and O–H groups in total. The topological polar surface area (TPSA) is 18.5 Å². The van der Waals surface area contributed by atoms with Gasteiger partial charge in [0, 0.05) is 11.4 Å². The molecule has 0 aliphatic heterocycles. The standard InChI is InChI=1S/C20H35O2P/c1-9-13-19(3,4)23(20(5,6)14-10-2)18-12-11-16(21-7)15-17(18)22-8/h11-12,15H,9-10,13-14H2,1-8H3. The molecule has 1 aromatic carbocycles. The smallest absolute Gasteiger partial charge is 0.130 e. The molecule has 0 radical (unpaired) electrons. The first-order chi connectivity index (χ1) is 10.7. The predicted octanol–water partition coefficient (Wildman–Crippen LogP) is 5.97. The number of rotatable bonds is 9. The normalized spacial score (nSPS) is 12.6. The molecular weight excluding hydrogens is 303 g/mol. The maximum atomic E-state index is 5.75. The van der Waals surface area contributed by atoms with Crippen molar-refractivity contribution in [1.29, 1.82) is 0 Å². The maximum absolute atomic E-state index is 5.75. The predicted molar refractivity (Wildman–Crippen MR) is 104 cm³/mol. The molecule has 0 saturated carbocycles. The van der Waals surface area contributed by atoms with E-state index in [4.69, 9.17) is 9.47 Å². The van der Waals surface area contributed by atoms with Gasteiger partial charge < -0.3 is 9.47 Å². The molecule has 132 valence electrons. The Morgan fingerprint density at radius 1 is 0.870 bits per heavy atom. The van der Waals surface area contributed by atoms with Gasteiger partial charge in [-0.25, -0.2) is 0 Å². The van der Waals surface area contributed by atoms with E-state index in [1.54, 1.807) is 14.2 Å². The molecule has 0 aliphatic rings. The van der Waals surface area contributed by atoms with Crippen molar-refractivity contribution in [3.8, 4) is 11.5 Å². The van der Waals surface area contributed by atoms with Gasteiger partial charge in [0.05, 0.1) is 14.2 Å². The fraction of sp³-hybridized carbons (Fsp3) is 0.700. The van der Waals surface area contributed by atoms with Gasteiger partial charge in [0.1, 0.15) is 11.5 Å². The quantitative estimate of drug-likeness (QED) is 0.517. The van der Waals surface area contributed by atoms with Gasteiger partial charge in [0.15, 0.2) is 0 Å². The van der Waals surface area contributed by atoms with E-state index in [-0.39, 0.29) is 18.2 Å². The number of ether oxygens (including phenoxy) is 2. The minimum atomic E-state index is -0.379. The molecule has 2 nitrogen and oxygen atoms in total. The molecule has 0 spiro atoms. The summed E-state index contributed by atoms with van der Waals surface area (Å²) >= 11 is 0. The van der Waals surface area contributed by atoms with Crippen molar-refractivity contribution >= 4 is 13.2 Å². The number of benzene rings is 1. The molecule has 0 unspecified atom stereocenters. The molecular formula is C20H35O2P. The Kier molecular flexibility index (Phi) is 7.39. The molecule has 0 heterocycles. The SMILES string of the molecule is CCCC(C)(C)P(c1ccc(OC)cc1OC)C(C)(C)CCC. The Morgan fingerprint density at radius 2 is 1.39 bits per heavy atom. The van der Waals surface area contributed by atoms with Crippen molar-refractivity contribution in [2.45, 2.75) is 77.5 Å². The van der Waals surface area contributed by atoms with Crippen LogP contribution >= 0.6 is 7.92 Å². The number of hydrogen-bond acceptors (Lipinski definition) is 2. The van der Waals surface area contributed by atoms with Crippen molar-refractivity contribution < 1.29 is 9.47 Å². The van der Waals surface area contributed by atoms with E-state index in [1.807, 2.05) is 6.07 Å². The summed E-state index contributed by atoms with van der Waals surface area (Å²) in [6.45, 7) is 14.3. The summed E-state index contributed by atoms with van der Waals surface area (Å²) in [7, 11) is 3.10. The first kappa shape index (κ1) is 20.3. The van der Waals surface area contributed by atoms with Gasteiger partial charge >= 0.3 is 0 Å². The van der Waals surface area contributed by atoms with Gasteiger partial charge in [-0.3, -0.25) is 0 Å². The molecule has 0 bridgehead atoms. The second kappa shape index (κ2) is 8.38. The van der Waals surface area contributed by atoms with E-state index in [0.29, 0.717) is 0 Å². The monoisotopic (exact) mass is 338 g/mol. The summed E-state index contributed by atoms with van der Waals surface area (Å²) in [5, 5.41) is 1.94. The molecule has 23 heavy (non-hydrogen) atoms. The van der Waals surface area contributed by atoms with Crippen LogP contribution in [-0.2, 0) is 0 Å². The second-order valence-electron chi connectivity index (χ2n) is 7.50. The van der Waals surface area contributed by atoms with Crippen LogP contribution in [0, 0.1) is 0 Å².